The summed E-state index contributed by atoms with van der Waals surface area (Å²) in [5.74, 6) is -0.229. The Labute approximate surface area is 141 Å². The summed E-state index contributed by atoms with van der Waals surface area (Å²) in [5, 5.41) is 3.22. The van der Waals surface area contributed by atoms with Crippen molar-refractivity contribution in [3.63, 3.8) is 0 Å². The first-order valence-electron chi connectivity index (χ1n) is 7.66. The first-order chi connectivity index (χ1) is 10.6. The molecule has 2 aliphatic heterocycles. The molecule has 2 aliphatic rings. The van der Waals surface area contributed by atoms with Gasteiger partial charge in [-0.25, -0.2) is 4.39 Å². The molecule has 0 aliphatic carbocycles. The van der Waals surface area contributed by atoms with Crippen molar-refractivity contribution in [3.8, 4) is 0 Å². The Morgan fingerprint density at radius 2 is 2.00 bits per heavy atom. The predicted octanol–water partition coefficient (Wildman–Crippen LogP) is 1.52. The fourth-order valence-electron chi connectivity index (χ4n) is 2.93. The van der Waals surface area contributed by atoms with E-state index in [0.29, 0.717) is 32.8 Å². The molecule has 0 saturated carbocycles. The van der Waals surface area contributed by atoms with Gasteiger partial charge in [-0.15, -0.1) is 12.4 Å². The number of nitrogens with zero attached hydrogens (tertiary/aromatic N) is 1. The van der Waals surface area contributed by atoms with Crippen LogP contribution in [0.1, 0.15) is 18.6 Å². The quantitative estimate of drug-likeness (QED) is 0.884. The molecule has 3 atom stereocenters. The van der Waals surface area contributed by atoms with Crippen LogP contribution in [-0.4, -0.2) is 55.8 Å². The van der Waals surface area contributed by atoms with Crippen LogP contribution in [0.15, 0.2) is 24.3 Å². The Bertz CT molecular complexity index is 529. The first kappa shape index (κ1) is 18.1. The van der Waals surface area contributed by atoms with Crippen molar-refractivity contribution in [1.82, 2.24) is 10.2 Å². The number of ether oxygens (including phenoxy) is 2. The number of hydrogen-bond acceptors (Lipinski definition) is 4. The van der Waals surface area contributed by atoms with Crippen LogP contribution in [0.4, 0.5) is 4.39 Å². The highest BCUT2D eigenvalue weighted by Crippen LogP contribution is 2.23. The number of amides is 1. The average molecular weight is 345 g/mol. The van der Waals surface area contributed by atoms with Gasteiger partial charge in [-0.05, 0) is 24.6 Å². The average Bonchev–Trinajstić information content (AvgIpc) is 2.55. The third-order valence-electron chi connectivity index (χ3n) is 4.20. The largest absolute Gasteiger partial charge is 0.375 e. The van der Waals surface area contributed by atoms with Gasteiger partial charge < -0.3 is 19.7 Å². The zero-order valence-electron chi connectivity index (χ0n) is 13.0. The van der Waals surface area contributed by atoms with E-state index >= 15 is 0 Å². The maximum Gasteiger partial charge on any atom is 0.242 e. The number of hydrogen-bond donors (Lipinski definition) is 1. The summed E-state index contributed by atoms with van der Waals surface area (Å²) in [5.41, 5.74) is 0.889. The van der Waals surface area contributed by atoms with Crippen LogP contribution in [0.2, 0.25) is 0 Å². The van der Waals surface area contributed by atoms with Gasteiger partial charge in [-0.3, -0.25) is 4.79 Å². The molecule has 0 bridgehead atoms. The van der Waals surface area contributed by atoms with Gasteiger partial charge in [0, 0.05) is 13.1 Å². The molecular formula is C16H22ClFN2O3. The summed E-state index contributed by atoms with van der Waals surface area (Å²) in [4.78, 5) is 14.5. The van der Waals surface area contributed by atoms with Gasteiger partial charge in [0.05, 0.1) is 25.9 Å². The van der Waals surface area contributed by atoms with Gasteiger partial charge in [-0.2, -0.15) is 0 Å². The number of rotatable bonds is 2. The molecule has 1 aromatic carbocycles. The second-order valence-corrected chi connectivity index (χ2v) is 5.70. The highest BCUT2D eigenvalue weighted by Gasteiger charge is 2.34. The van der Waals surface area contributed by atoms with Crippen LogP contribution in [0.25, 0.3) is 0 Å². The number of halogens is 2. The zero-order chi connectivity index (χ0) is 15.5. The lowest BCUT2D eigenvalue weighted by Crippen LogP contribution is -2.58. The second kappa shape index (κ2) is 8.06. The van der Waals surface area contributed by atoms with Crippen molar-refractivity contribution in [3.05, 3.63) is 35.6 Å². The van der Waals surface area contributed by atoms with E-state index in [9.17, 15) is 9.18 Å². The van der Waals surface area contributed by atoms with E-state index in [1.165, 1.54) is 12.1 Å². The lowest BCUT2D eigenvalue weighted by molar-refractivity contribution is -0.147. The lowest BCUT2D eigenvalue weighted by atomic mass is 10.1. The molecule has 0 spiro atoms. The monoisotopic (exact) mass is 344 g/mol. The van der Waals surface area contributed by atoms with Crippen molar-refractivity contribution < 1.29 is 18.7 Å². The summed E-state index contributed by atoms with van der Waals surface area (Å²) in [7, 11) is 0. The van der Waals surface area contributed by atoms with Crippen molar-refractivity contribution in [2.45, 2.75) is 25.2 Å². The summed E-state index contributed by atoms with van der Waals surface area (Å²) in [6.07, 6.45) is -0.341. The maximum absolute atomic E-state index is 13.0. The van der Waals surface area contributed by atoms with Crippen molar-refractivity contribution in [2.75, 3.05) is 32.8 Å². The number of benzene rings is 1. The molecule has 7 heteroatoms. The van der Waals surface area contributed by atoms with Crippen LogP contribution < -0.4 is 5.32 Å². The Hall–Kier alpha value is -1.21. The molecule has 2 fully saturated rings. The van der Waals surface area contributed by atoms with E-state index in [-0.39, 0.29) is 42.4 Å². The fraction of sp³-hybridized carbons (Fsp3) is 0.562. The lowest BCUT2D eigenvalue weighted by Gasteiger charge is -2.38. The third-order valence-corrected chi connectivity index (χ3v) is 4.20. The van der Waals surface area contributed by atoms with Crippen LogP contribution in [0, 0.1) is 5.82 Å². The van der Waals surface area contributed by atoms with Crippen molar-refractivity contribution in [2.24, 2.45) is 0 Å². The summed E-state index contributed by atoms with van der Waals surface area (Å²) in [6.45, 7) is 4.76. The van der Waals surface area contributed by atoms with Crippen molar-refractivity contribution >= 4 is 18.3 Å². The zero-order valence-corrected chi connectivity index (χ0v) is 13.9. The van der Waals surface area contributed by atoms with Crippen LogP contribution in [-0.2, 0) is 14.3 Å². The van der Waals surface area contributed by atoms with Crippen LogP contribution in [0.5, 0.6) is 0 Å². The number of carbonyl (C=O) groups is 1. The van der Waals surface area contributed by atoms with Gasteiger partial charge in [0.2, 0.25) is 5.91 Å². The molecule has 1 unspecified atom stereocenters. The van der Waals surface area contributed by atoms with E-state index in [0.717, 1.165) is 5.56 Å². The molecule has 128 valence electrons. The summed E-state index contributed by atoms with van der Waals surface area (Å²) >= 11 is 0. The first-order valence-corrected chi connectivity index (χ1v) is 7.66. The van der Waals surface area contributed by atoms with Gasteiger partial charge in [0.1, 0.15) is 18.0 Å². The molecule has 0 aromatic heterocycles. The Balaban J connectivity index is 0.00000192. The van der Waals surface area contributed by atoms with E-state index in [1.54, 1.807) is 17.0 Å². The molecule has 1 aromatic rings. The number of morpholine rings is 2. The van der Waals surface area contributed by atoms with Gasteiger partial charge in [0.15, 0.2) is 0 Å². The highest BCUT2D eigenvalue weighted by atomic mass is 35.5. The Kier molecular flexibility index (Phi) is 6.35. The van der Waals surface area contributed by atoms with Gasteiger partial charge >= 0.3 is 0 Å². The normalized spacial score (nSPS) is 28.1. The molecule has 3 rings (SSSR count). The van der Waals surface area contributed by atoms with Gasteiger partial charge in [-0.1, -0.05) is 12.1 Å². The highest BCUT2D eigenvalue weighted by molar-refractivity contribution is 5.85. The smallest absolute Gasteiger partial charge is 0.242 e. The summed E-state index contributed by atoms with van der Waals surface area (Å²) < 4.78 is 24.3. The van der Waals surface area contributed by atoms with Crippen LogP contribution in [0.3, 0.4) is 0 Å². The topological polar surface area (TPSA) is 50.8 Å². The summed E-state index contributed by atoms with van der Waals surface area (Å²) in [6, 6.07) is 5.94. The molecule has 2 saturated heterocycles. The molecule has 2 heterocycles. The minimum atomic E-state index is -0.305. The van der Waals surface area contributed by atoms with Crippen molar-refractivity contribution in [1.29, 1.82) is 0 Å². The minimum Gasteiger partial charge on any atom is -0.375 e. The predicted molar refractivity (Wildman–Crippen MR) is 86.1 cm³/mol. The van der Waals surface area contributed by atoms with Crippen LogP contribution >= 0.6 is 12.4 Å². The SMILES string of the molecule is C[C@H]1OCCN[C@@H]1C(=O)N1CCOC(c2ccc(F)cc2)C1.Cl. The maximum atomic E-state index is 13.0. The minimum absolute atomic E-state index is 0. The molecule has 1 N–H and O–H groups in total. The van der Waals surface area contributed by atoms with E-state index in [2.05, 4.69) is 5.32 Å². The Morgan fingerprint density at radius 3 is 2.70 bits per heavy atom. The Morgan fingerprint density at radius 1 is 1.26 bits per heavy atom. The third kappa shape index (κ3) is 4.20. The van der Waals surface area contributed by atoms with E-state index < -0.39 is 0 Å². The molecular weight excluding hydrogens is 323 g/mol. The molecule has 5 nitrogen and oxygen atoms in total. The second-order valence-electron chi connectivity index (χ2n) is 5.70. The van der Waals surface area contributed by atoms with Gasteiger partial charge in [0.25, 0.3) is 0 Å². The van der Waals surface area contributed by atoms with E-state index in [1.807, 2.05) is 6.92 Å². The molecule has 0 radical (unpaired) electrons. The molecule has 1 amide bonds. The fourth-order valence-corrected chi connectivity index (χ4v) is 2.93. The standard InChI is InChI=1S/C16H21FN2O3.ClH/c1-11-15(18-6-8-21-11)16(20)19-7-9-22-14(10-19)12-2-4-13(17)5-3-12;/h2-5,11,14-15,18H,6-10H2,1H3;1H/t11-,14?,15+;/m1./s1. The molecule has 23 heavy (non-hydrogen) atoms. The number of carbonyl (C=O) groups excluding carboxylic acids is 1. The number of nitrogens with one attached hydrogen (secondary N) is 1. The van der Waals surface area contributed by atoms with E-state index in [4.69, 9.17) is 9.47 Å².